The molecule has 0 spiro atoms. The summed E-state index contributed by atoms with van der Waals surface area (Å²) >= 11 is 0. The second-order valence-corrected chi connectivity index (χ2v) is 4.43. The molecule has 1 aromatic heterocycles. The molecular weight excluding hydrogens is 240 g/mol. The van der Waals surface area contributed by atoms with Gasteiger partial charge in [-0.15, -0.1) is 0 Å². The predicted octanol–water partition coefficient (Wildman–Crippen LogP) is 2.12. The Bertz CT molecular complexity index is 541. The molecule has 5 heteroatoms. The van der Waals surface area contributed by atoms with Gasteiger partial charge in [0.25, 0.3) is 0 Å². The Kier molecular flexibility index (Phi) is 3.85. The average molecular weight is 258 g/mol. The average Bonchev–Trinajstić information content (AvgIpc) is 2.87. The van der Waals surface area contributed by atoms with Crippen LogP contribution in [0.25, 0.3) is 0 Å². The van der Waals surface area contributed by atoms with Gasteiger partial charge >= 0.3 is 0 Å². The van der Waals surface area contributed by atoms with Gasteiger partial charge in [-0.2, -0.15) is 0 Å². The third-order valence-corrected chi connectivity index (χ3v) is 3.24. The number of hydrogen-bond donors (Lipinski definition) is 3. The van der Waals surface area contributed by atoms with Crippen LogP contribution in [-0.4, -0.2) is 34.6 Å². The first-order chi connectivity index (χ1) is 9.13. The van der Waals surface area contributed by atoms with Crippen molar-refractivity contribution in [3.63, 3.8) is 0 Å². The minimum atomic E-state index is 0.0810. The van der Waals surface area contributed by atoms with E-state index in [1.54, 1.807) is 24.2 Å². The fraction of sp³-hybridized carbons (Fsp3) is 0.286. The van der Waals surface area contributed by atoms with Crippen molar-refractivity contribution in [3.05, 3.63) is 42.3 Å². The molecule has 19 heavy (non-hydrogen) atoms. The summed E-state index contributed by atoms with van der Waals surface area (Å²) in [6.07, 6.45) is 6.05. The molecule has 1 amide bonds. The van der Waals surface area contributed by atoms with Crippen LogP contribution in [0, 0.1) is 5.41 Å². The van der Waals surface area contributed by atoms with Crippen LogP contribution in [0.1, 0.15) is 18.9 Å². The lowest BCUT2D eigenvalue weighted by Gasteiger charge is -2.25. The van der Waals surface area contributed by atoms with E-state index in [9.17, 15) is 4.79 Å². The number of nitrogens with zero attached hydrogens (tertiary/aromatic N) is 1. The fourth-order valence-electron chi connectivity index (χ4n) is 2.15. The number of amides is 1. The van der Waals surface area contributed by atoms with Crippen LogP contribution in [0.2, 0.25) is 0 Å². The number of aromatic amines is 1. The van der Waals surface area contributed by atoms with Crippen LogP contribution in [-0.2, 0) is 4.79 Å². The SMILES string of the molecule is C=CNc1[nH]ccc1C(=N)C1=CCN(C(C)=O)CC1. The molecule has 5 nitrogen and oxygen atoms in total. The van der Waals surface area contributed by atoms with Crippen LogP contribution in [0.5, 0.6) is 0 Å². The quantitative estimate of drug-likeness (QED) is 0.724. The van der Waals surface area contributed by atoms with Crippen molar-refractivity contribution in [1.82, 2.24) is 9.88 Å². The molecule has 0 fully saturated rings. The minimum absolute atomic E-state index is 0.0810. The number of nitrogens with one attached hydrogen (secondary N) is 3. The van der Waals surface area contributed by atoms with Gasteiger partial charge in [0.05, 0.1) is 5.71 Å². The van der Waals surface area contributed by atoms with Crippen molar-refractivity contribution in [2.45, 2.75) is 13.3 Å². The molecule has 0 aromatic carbocycles. The van der Waals surface area contributed by atoms with Crippen LogP contribution in [0.4, 0.5) is 5.82 Å². The normalized spacial score (nSPS) is 14.8. The number of anilines is 1. The summed E-state index contributed by atoms with van der Waals surface area (Å²) in [5, 5.41) is 11.2. The summed E-state index contributed by atoms with van der Waals surface area (Å²) in [4.78, 5) is 16.1. The van der Waals surface area contributed by atoms with E-state index in [0.29, 0.717) is 18.8 Å². The molecule has 0 radical (unpaired) electrons. The first kappa shape index (κ1) is 13.1. The molecule has 1 aliphatic heterocycles. The van der Waals surface area contributed by atoms with E-state index in [2.05, 4.69) is 16.9 Å². The van der Waals surface area contributed by atoms with Gasteiger partial charge in [-0.3, -0.25) is 10.2 Å². The number of hydrogen-bond acceptors (Lipinski definition) is 3. The second-order valence-electron chi connectivity index (χ2n) is 4.43. The van der Waals surface area contributed by atoms with Gasteiger partial charge in [0.15, 0.2) is 0 Å². The molecule has 0 atom stereocenters. The zero-order chi connectivity index (χ0) is 13.8. The summed E-state index contributed by atoms with van der Waals surface area (Å²) in [6, 6.07) is 1.87. The molecule has 2 rings (SSSR count). The Balaban J connectivity index is 2.14. The van der Waals surface area contributed by atoms with Crippen molar-refractivity contribution in [2.75, 3.05) is 18.4 Å². The fourth-order valence-corrected chi connectivity index (χ4v) is 2.15. The number of rotatable bonds is 4. The molecule has 0 saturated carbocycles. The first-order valence-electron chi connectivity index (χ1n) is 6.22. The zero-order valence-electron chi connectivity index (χ0n) is 11.0. The van der Waals surface area contributed by atoms with E-state index < -0.39 is 0 Å². The molecule has 1 aliphatic rings. The lowest BCUT2D eigenvalue weighted by atomic mass is 9.98. The Morgan fingerprint density at radius 2 is 2.42 bits per heavy atom. The number of H-pyrrole nitrogens is 1. The number of carbonyl (C=O) groups is 1. The molecular formula is C14H18N4O. The molecule has 3 N–H and O–H groups in total. The number of carbonyl (C=O) groups excluding carboxylic acids is 1. The van der Waals surface area contributed by atoms with Gasteiger partial charge < -0.3 is 15.2 Å². The van der Waals surface area contributed by atoms with Gasteiger partial charge in [0.2, 0.25) is 5.91 Å². The van der Waals surface area contributed by atoms with Crippen LogP contribution in [0.15, 0.2) is 36.7 Å². The lowest BCUT2D eigenvalue weighted by molar-refractivity contribution is -0.128. The van der Waals surface area contributed by atoms with Gasteiger partial charge in [0, 0.05) is 31.8 Å². The van der Waals surface area contributed by atoms with Crippen molar-refractivity contribution >= 4 is 17.4 Å². The second kappa shape index (κ2) is 5.56. The molecule has 0 bridgehead atoms. The molecule has 2 heterocycles. The van der Waals surface area contributed by atoms with Crippen molar-refractivity contribution in [2.24, 2.45) is 0 Å². The molecule has 0 unspecified atom stereocenters. The predicted molar refractivity (Wildman–Crippen MR) is 76.4 cm³/mol. The maximum Gasteiger partial charge on any atom is 0.219 e. The van der Waals surface area contributed by atoms with Gasteiger partial charge in [-0.25, -0.2) is 0 Å². The molecule has 100 valence electrons. The van der Waals surface area contributed by atoms with Crippen LogP contribution >= 0.6 is 0 Å². The Hall–Kier alpha value is -2.30. The Morgan fingerprint density at radius 1 is 1.63 bits per heavy atom. The van der Waals surface area contributed by atoms with Crippen LogP contribution < -0.4 is 5.32 Å². The summed E-state index contributed by atoms with van der Waals surface area (Å²) < 4.78 is 0. The van der Waals surface area contributed by atoms with Crippen molar-refractivity contribution in [3.8, 4) is 0 Å². The lowest BCUT2D eigenvalue weighted by Crippen LogP contribution is -2.34. The maximum atomic E-state index is 11.3. The Labute approximate surface area is 112 Å². The summed E-state index contributed by atoms with van der Waals surface area (Å²) in [5.41, 5.74) is 2.29. The molecule has 1 aromatic rings. The largest absolute Gasteiger partial charge is 0.348 e. The third kappa shape index (κ3) is 2.76. The summed E-state index contributed by atoms with van der Waals surface area (Å²) in [5.74, 6) is 0.854. The number of aromatic nitrogens is 1. The van der Waals surface area contributed by atoms with E-state index in [-0.39, 0.29) is 5.91 Å². The van der Waals surface area contributed by atoms with Gasteiger partial charge in [-0.1, -0.05) is 12.7 Å². The van der Waals surface area contributed by atoms with Crippen molar-refractivity contribution < 1.29 is 4.79 Å². The Morgan fingerprint density at radius 3 is 3.00 bits per heavy atom. The highest BCUT2D eigenvalue weighted by Gasteiger charge is 2.19. The van der Waals surface area contributed by atoms with Gasteiger partial charge in [0.1, 0.15) is 5.82 Å². The van der Waals surface area contributed by atoms with E-state index in [4.69, 9.17) is 5.41 Å². The molecule has 0 aliphatic carbocycles. The van der Waals surface area contributed by atoms with E-state index in [0.717, 1.165) is 23.4 Å². The topological polar surface area (TPSA) is 72.0 Å². The minimum Gasteiger partial charge on any atom is -0.348 e. The van der Waals surface area contributed by atoms with E-state index >= 15 is 0 Å². The smallest absolute Gasteiger partial charge is 0.219 e. The maximum absolute atomic E-state index is 11.3. The van der Waals surface area contributed by atoms with Gasteiger partial charge in [-0.05, 0) is 24.3 Å². The van der Waals surface area contributed by atoms with E-state index in [1.165, 1.54) is 0 Å². The summed E-state index contributed by atoms with van der Waals surface area (Å²) in [6.45, 7) is 6.45. The first-order valence-corrected chi connectivity index (χ1v) is 6.22. The highest BCUT2D eigenvalue weighted by molar-refractivity contribution is 6.13. The highest BCUT2D eigenvalue weighted by Crippen LogP contribution is 2.21. The third-order valence-electron chi connectivity index (χ3n) is 3.24. The monoisotopic (exact) mass is 258 g/mol. The van der Waals surface area contributed by atoms with Crippen LogP contribution in [0.3, 0.4) is 0 Å². The zero-order valence-corrected chi connectivity index (χ0v) is 11.0. The van der Waals surface area contributed by atoms with E-state index in [1.807, 2.05) is 12.1 Å². The highest BCUT2D eigenvalue weighted by atomic mass is 16.2. The molecule has 0 saturated heterocycles. The summed E-state index contributed by atoms with van der Waals surface area (Å²) in [7, 11) is 0. The standard InChI is InChI=1S/C14H18N4O/c1-3-16-14-12(4-7-17-14)13(15)11-5-8-18(9-6-11)10(2)19/h3-5,7,15-17H,1,6,8-9H2,2H3. The van der Waals surface area contributed by atoms with Crippen molar-refractivity contribution in [1.29, 1.82) is 5.41 Å².